The Bertz CT molecular complexity index is 606. The number of aromatic nitrogens is 1. The highest BCUT2D eigenvalue weighted by molar-refractivity contribution is 7.09. The zero-order valence-electron chi connectivity index (χ0n) is 12.9. The number of nitrogens with two attached hydrogens (primary N) is 1. The number of halogens is 1. The maximum Gasteiger partial charge on any atom is 0.270 e. The molecule has 1 heterocycles. The van der Waals surface area contributed by atoms with Crippen LogP contribution in [0.3, 0.4) is 0 Å². The number of nitrogens with zero attached hydrogens (tertiary/aromatic N) is 1. The topological polar surface area (TPSA) is 88.2 Å². The number of nitrogens with one attached hydrogen (secondary N) is 1. The molecule has 1 amide bonds. The Labute approximate surface area is 146 Å². The summed E-state index contributed by atoms with van der Waals surface area (Å²) in [6, 6.07) is 9.27. The van der Waals surface area contributed by atoms with Gasteiger partial charge in [-0.2, -0.15) is 0 Å². The number of benzene rings is 1. The lowest BCUT2D eigenvalue weighted by Gasteiger charge is -2.17. The molecule has 126 valence electrons. The quantitative estimate of drug-likeness (QED) is 0.711. The van der Waals surface area contributed by atoms with Crippen LogP contribution < -0.4 is 11.1 Å². The summed E-state index contributed by atoms with van der Waals surface area (Å²) in [5, 5.41) is 15.6. The van der Waals surface area contributed by atoms with Crippen LogP contribution in [0.1, 0.15) is 40.5 Å². The molecular weight excluding hydrogens is 334 g/mol. The van der Waals surface area contributed by atoms with Crippen molar-refractivity contribution in [1.29, 1.82) is 0 Å². The van der Waals surface area contributed by atoms with Crippen LogP contribution in [0, 0.1) is 0 Å². The van der Waals surface area contributed by atoms with Gasteiger partial charge in [-0.1, -0.05) is 30.3 Å². The van der Waals surface area contributed by atoms with Gasteiger partial charge in [-0.3, -0.25) is 4.79 Å². The summed E-state index contributed by atoms with van der Waals surface area (Å²) >= 11 is 1.44. The van der Waals surface area contributed by atoms with Crippen molar-refractivity contribution >= 4 is 29.7 Å². The molecular formula is C16H22ClN3O2S. The average molecular weight is 356 g/mol. The number of thiazole rings is 1. The van der Waals surface area contributed by atoms with Gasteiger partial charge in [0, 0.05) is 17.8 Å². The van der Waals surface area contributed by atoms with Crippen molar-refractivity contribution in [3.05, 3.63) is 52.0 Å². The smallest absolute Gasteiger partial charge is 0.270 e. The van der Waals surface area contributed by atoms with E-state index in [0.717, 1.165) is 10.6 Å². The molecule has 2 atom stereocenters. The molecule has 0 aliphatic rings. The Kier molecular flexibility index (Phi) is 8.19. The zero-order valence-corrected chi connectivity index (χ0v) is 14.6. The van der Waals surface area contributed by atoms with Crippen molar-refractivity contribution in [2.75, 3.05) is 6.54 Å². The third kappa shape index (κ3) is 5.91. The minimum atomic E-state index is -0.597. The van der Waals surface area contributed by atoms with E-state index < -0.39 is 6.10 Å². The molecule has 7 heteroatoms. The minimum absolute atomic E-state index is 0. The first-order valence-electron chi connectivity index (χ1n) is 7.28. The van der Waals surface area contributed by atoms with Crippen LogP contribution in [0.2, 0.25) is 0 Å². The van der Waals surface area contributed by atoms with Crippen LogP contribution in [-0.2, 0) is 6.42 Å². The number of amides is 1. The summed E-state index contributed by atoms with van der Waals surface area (Å²) in [6.07, 6.45) is 0.537. The van der Waals surface area contributed by atoms with Gasteiger partial charge >= 0.3 is 0 Å². The second-order valence-electron chi connectivity index (χ2n) is 5.20. The van der Waals surface area contributed by atoms with Crippen molar-refractivity contribution in [1.82, 2.24) is 10.3 Å². The van der Waals surface area contributed by atoms with Gasteiger partial charge < -0.3 is 16.2 Å². The summed E-state index contributed by atoms with van der Waals surface area (Å²) < 4.78 is 0. The molecule has 0 spiro atoms. The predicted octanol–water partition coefficient (Wildman–Crippen LogP) is 2.31. The number of aliphatic hydroxyl groups is 1. The highest BCUT2D eigenvalue weighted by Gasteiger charge is 2.16. The van der Waals surface area contributed by atoms with E-state index in [1.165, 1.54) is 11.3 Å². The van der Waals surface area contributed by atoms with Crippen molar-refractivity contribution in [2.45, 2.75) is 31.9 Å². The van der Waals surface area contributed by atoms with Gasteiger partial charge in [-0.05, 0) is 25.5 Å². The van der Waals surface area contributed by atoms with E-state index in [0.29, 0.717) is 25.1 Å². The third-order valence-electron chi connectivity index (χ3n) is 3.28. The normalized spacial score (nSPS) is 13.0. The van der Waals surface area contributed by atoms with Gasteiger partial charge in [0.05, 0.1) is 11.1 Å². The van der Waals surface area contributed by atoms with Gasteiger partial charge in [0.25, 0.3) is 5.91 Å². The fourth-order valence-corrected chi connectivity index (χ4v) is 2.95. The SMILES string of the molecule is CC(CC(O)c1ccccc1)NC(=O)c1csc(CCN)n1.Cl. The Morgan fingerprint density at radius 2 is 2.09 bits per heavy atom. The van der Waals surface area contributed by atoms with Crippen LogP contribution in [0.4, 0.5) is 0 Å². The lowest BCUT2D eigenvalue weighted by Crippen LogP contribution is -2.34. The van der Waals surface area contributed by atoms with E-state index in [4.69, 9.17) is 5.73 Å². The molecule has 0 aliphatic carbocycles. The second kappa shape index (κ2) is 9.62. The molecule has 1 aromatic carbocycles. The number of carbonyl (C=O) groups excluding carboxylic acids is 1. The molecule has 5 nitrogen and oxygen atoms in total. The van der Waals surface area contributed by atoms with E-state index in [2.05, 4.69) is 10.3 Å². The molecule has 0 saturated heterocycles. The van der Waals surface area contributed by atoms with Crippen molar-refractivity contribution in [3.8, 4) is 0 Å². The standard InChI is InChI=1S/C16H21N3O2S.ClH/c1-11(9-14(20)12-5-3-2-4-6-12)18-16(21)13-10-22-15(19-13)7-8-17;/h2-6,10-11,14,20H,7-9,17H2,1H3,(H,18,21);1H. The monoisotopic (exact) mass is 355 g/mol. The maximum absolute atomic E-state index is 12.1. The Hall–Kier alpha value is -1.47. The zero-order chi connectivity index (χ0) is 15.9. The maximum atomic E-state index is 12.1. The fourth-order valence-electron chi connectivity index (χ4n) is 2.16. The summed E-state index contributed by atoms with van der Waals surface area (Å²) in [5.41, 5.74) is 6.74. The largest absolute Gasteiger partial charge is 0.388 e. The number of aliphatic hydroxyl groups excluding tert-OH is 1. The molecule has 0 bridgehead atoms. The van der Waals surface area contributed by atoms with E-state index in [-0.39, 0.29) is 24.4 Å². The Morgan fingerprint density at radius 3 is 2.74 bits per heavy atom. The Balaban J connectivity index is 0.00000264. The van der Waals surface area contributed by atoms with Crippen LogP contribution in [-0.4, -0.2) is 28.6 Å². The molecule has 2 rings (SSSR count). The number of rotatable bonds is 7. The minimum Gasteiger partial charge on any atom is -0.388 e. The van der Waals surface area contributed by atoms with Gasteiger partial charge in [0.2, 0.25) is 0 Å². The number of hydrogen-bond acceptors (Lipinski definition) is 5. The lowest BCUT2D eigenvalue weighted by atomic mass is 10.0. The highest BCUT2D eigenvalue weighted by atomic mass is 35.5. The van der Waals surface area contributed by atoms with E-state index in [1.54, 1.807) is 5.38 Å². The first-order chi connectivity index (χ1) is 10.6. The van der Waals surface area contributed by atoms with E-state index in [1.807, 2.05) is 37.3 Å². The second-order valence-corrected chi connectivity index (χ2v) is 6.14. The van der Waals surface area contributed by atoms with Crippen molar-refractivity contribution in [3.63, 3.8) is 0 Å². The molecule has 4 N–H and O–H groups in total. The van der Waals surface area contributed by atoms with Crippen molar-refractivity contribution in [2.24, 2.45) is 5.73 Å². The first kappa shape index (κ1) is 19.6. The number of hydrogen-bond donors (Lipinski definition) is 3. The lowest BCUT2D eigenvalue weighted by molar-refractivity contribution is 0.0912. The summed E-state index contributed by atoms with van der Waals surface area (Å²) in [7, 11) is 0. The van der Waals surface area contributed by atoms with Gasteiger partial charge in [-0.15, -0.1) is 23.7 Å². The molecule has 0 aliphatic heterocycles. The molecule has 1 aromatic heterocycles. The van der Waals surface area contributed by atoms with Gasteiger partial charge in [0.15, 0.2) is 0 Å². The Morgan fingerprint density at radius 1 is 1.39 bits per heavy atom. The summed E-state index contributed by atoms with van der Waals surface area (Å²) in [5.74, 6) is -0.215. The predicted molar refractivity (Wildman–Crippen MR) is 95.1 cm³/mol. The molecule has 0 fully saturated rings. The first-order valence-corrected chi connectivity index (χ1v) is 8.16. The van der Waals surface area contributed by atoms with E-state index in [9.17, 15) is 9.90 Å². The van der Waals surface area contributed by atoms with Crippen LogP contribution in [0.15, 0.2) is 35.7 Å². The van der Waals surface area contributed by atoms with Crippen LogP contribution >= 0.6 is 23.7 Å². The fraction of sp³-hybridized carbons (Fsp3) is 0.375. The van der Waals surface area contributed by atoms with Crippen molar-refractivity contribution < 1.29 is 9.90 Å². The summed E-state index contributed by atoms with van der Waals surface area (Å²) in [6.45, 7) is 2.39. The molecule has 0 radical (unpaired) electrons. The summed E-state index contributed by atoms with van der Waals surface area (Å²) in [4.78, 5) is 16.4. The van der Waals surface area contributed by atoms with Crippen LogP contribution in [0.5, 0.6) is 0 Å². The van der Waals surface area contributed by atoms with Gasteiger partial charge in [-0.25, -0.2) is 4.98 Å². The third-order valence-corrected chi connectivity index (χ3v) is 4.19. The molecule has 23 heavy (non-hydrogen) atoms. The highest BCUT2D eigenvalue weighted by Crippen LogP contribution is 2.18. The van der Waals surface area contributed by atoms with E-state index >= 15 is 0 Å². The molecule has 2 unspecified atom stereocenters. The van der Waals surface area contributed by atoms with Crippen LogP contribution in [0.25, 0.3) is 0 Å². The number of carbonyl (C=O) groups is 1. The molecule has 2 aromatic rings. The van der Waals surface area contributed by atoms with Gasteiger partial charge in [0.1, 0.15) is 5.69 Å². The molecule has 0 saturated carbocycles. The average Bonchev–Trinajstić information content (AvgIpc) is 2.97.